The predicted octanol–water partition coefficient (Wildman–Crippen LogP) is -0.698. The van der Waals surface area contributed by atoms with Crippen molar-refractivity contribution in [3.8, 4) is 0 Å². The highest BCUT2D eigenvalue weighted by atomic mass is 32.2. The smallest absolute Gasteiger partial charge is 0.256 e. The van der Waals surface area contributed by atoms with Crippen LogP contribution < -0.4 is 16.6 Å². The first-order valence-electron chi connectivity index (χ1n) is 8.67. The van der Waals surface area contributed by atoms with E-state index in [-0.39, 0.29) is 23.1 Å². The lowest BCUT2D eigenvalue weighted by atomic mass is 9.70. The van der Waals surface area contributed by atoms with Crippen LogP contribution in [0.4, 0.5) is 0 Å². The van der Waals surface area contributed by atoms with Crippen LogP contribution in [0.1, 0.15) is 38.7 Å². The number of carbonyl (C=O) groups excluding carboxylic acids is 1. The van der Waals surface area contributed by atoms with Gasteiger partial charge in [0.05, 0.1) is 15.9 Å². The molecule has 2 fully saturated rings. The predicted molar refractivity (Wildman–Crippen MR) is 102 cm³/mol. The molecule has 2 unspecified atom stereocenters. The Bertz CT molecular complexity index is 845. The Labute approximate surface area is 159 Å². The van der Waals surface area contributed by atoms with Crippen molar-refractivity contribution in [2.75, 3.05) is 5.75 Å². The lowest BCUT2D eigenvalue weighted by molar-refractivity contribution is -0.456. The van der Waals surface area contributed by atoms with Crippen LogP contribution >= 0.6 is 0 Å². The summed E-state index contributed by atoms with van der Waals surface area (Å²) in [5.74, 6) is -0.264. The summed E-state index contributed by atoms with van der Waals surface area (Å²) in [7, 11) is -4.33. The van der Waals surface area contributed by atoms with Crippen molar-refractivity contribution in [2.24, 2.45) is 33.3 Å². The maximum Gasteiger partial charge on any atom is 0.256 e. The maximum absolute atomic E-state index is 11.8. The molecule has 2 aliphatic carbocycles. The van der Waals surface area contributed by atoms with Crippen molar-refractivity contribution in [2.45, 2.75) is 33.1 Å². The number of hydrazone groups is 1. The molecule has 0 aromatic heterocycles. The minimum absolute atomic E-state index is 0.0159. The summed E-state index contributed by atoms with van der Waals surface area (Å²) >= 11 is 0. The van der Waals surface area contributed by atoms with Crippen LogP contribution in [0.3, 0.4) is 0 Å². The maximum atomic E-state index is 11.8. The lowest BCUT2D eigenvalue weighted by Gasteiger charge is -2.37. The zero-order valence-corrected chi connectivity index (χ0v) is 16.3. The van der Waals surface area contributed by atoms with Crippen molar-refractivity contribution in [1.82, 2.24) is 0 Å². The quantitative estimate of drug-likeness (QED) is 0.266. The van der Waals surface area contributed by atoms with E-state index in [1.165, 1.54) is 0 Å². The van der Waals surface area contributed by atoms with Crippen LogP contribution in [-0.2, 0) is 14.9 Å². The molecule has 2 aliphatic rings. The Hall–Kier alpha value is -2.26. The number of nitrogens with zero attached hydrogens (tertiary/aromatic N) is 1. The number of hydrogen-bond acceptors (Lipinski definition) is 5. The molecule has 0 aliphatic heterocycles. The van der Waals surface area contributed by atoms with Gasteiger partial charge in [0.2, 0.25) is 6.21 Å². The molecule has 2 bridgehead atoms. The van der Waals surface area contributed by atoms with Gasteiger partial charge in [-0.15, -0.1) is 5.10 Å². The van der Waals surface area contributed by atoms with Gasteiger partial charge >= 0.3 is 0 Å². The molecular weight excluding hydrogens is 368 g/mol. The van der Waals surface area contributed by atoms with Crippen molar-refractivity contribution in [3.63, 3.8) is 0 Å². The second kappa shape index (κ2) is 7.77. The van der Waals surface area contributed by atoms with E-state index in [2.05, 4.69) is 10.2 Å². The molecule has 1 aromatic rings. The fourth-order valence-corrected chi connectivity index (χ4v) is 5.42. The van der Waals surface area contributed by atoms with E-state index in [1.807, 2.05) is 44.2 Å². The van der Waals surface area contributed by atoms with Gasteiger partial charge in [0.1, 0.15) is 5.78 Å². The van der Waals surface area contributed by atoms with Crippen LogP contribution in [0.15, 0.2) is 35.4 Å². The van der Waals surface area contributed by atoms with Crippen molar-refractivity contribution in [3.05, 3.63) is 35.9 Å². The summed E-state index contributed by atoms with van der Waals surface area (Å²) in [5, 5.41) is 6.20. The zero-order chi connectivity index (χ0) is 20.3. The van der Waals surface area contributed by atoms with E-state index in [1.54, 1.807) is 6.21 Å². The number of benzene rings is 1. The molecule has 9 heteroatoms. The molecule has 0 saturated heterocycles. The van der Waals surface area contributed by atoms with Gasteiger partial charge in [0.25, 0.3) is 5.96 Å². The van der Waals surface area contributed by atoms with Crippen LogP contribution in [0, 0.1) is 16.7 Å². The van der Waals surface area contributed by atoms with Gasteiger partial charge in [0.15, 0.2) is 0 Å². The molecule has 0 amide bonds. The third-order valence-corrected chi connectivity index (χ3v) is 6.63. The number of hydrogen-bond donors (Lipinski definition) is 3. The van der Waals surface area contributed by atoms with Crippen molar-refractivity contribution < 1.29 is 22.9 Å². The molecule has 2 saturated carbocycles. The normalized spacial score (nSPS) is 25.9. The fourth-order valence-electron chi connectivity index (χ4n) is 4.14. The van der Waals surface area contributed by atoms with E-state index in [9.17, 15) is 17.8 Å². The van der Waals surface area contributed by atoms with Gasteiger partial charge in [0, 0.05) is 22.5 Å². The topological polar surface area (TPSA) is 153 Å². The second-order valence-corrected chi connectivity index (χ2v) is 8.99. The summed E-state index contributed by atoms with van der Waals surface area (Å²) in [6.07, 6.45) is 3.58. The first kappa shape index (κ1) is 21.0. The summed E-state index contributed by atoms with van der Waals surface area (Å²) in [5.41, 5.74) is 10.00. The molecule has 27 heavy (non-hydrogen) atoms. The number of carbonyl (C=O) groups is 1. The molecule has 0 heterocycles. The van der Waals surface area contributed by atoms with Gasteiger partial charge in [-0.05, 0) is 36.3 Å². The van der Waals surface area contributed by atoms with Crippen LogP contribution in [0.2, 0.25) is 0 Å². The standard InChI is InChI=1S/C10H16O4S.C8H10N4/c1-9(2)7-3-4-10(9,8(11)5-7)6-15(12,13)14;9-8(10)12-11-6-7-4-2-1-3-5-7/h7H,3-6H2,1-2H3,(H,12,13,14);1-6H,(H4,9,10,12). The Kier molecular flexibility index (Phi) is 6.06. The first-order chi connectivity index (χ1) is 12.5. The Morgan fingerprint density at radius 1 is 1.33 bits per heavy atom. The van der Waals surface area contributed by atoms with Gasteiger partial charge < -0.3 is 16.0 Å². The van der Waals surface area contributed by atoms with Gasteiger partial charge in [-0.2, -0.15) is 0 Å². The summed E-state index contributed by atoms with van der Waals surface area (Å²) in [6, 6.07) is 9.69. The molecule has 8 nitrogen and oxygen atoms in total. The number of fused-ring (bicyclic) bond motifs is 2. The van der Waals surface area contributed by atoms with Gasteiger partial charge in [-0.3, -0.25) is 4.79 Å². The van der Waals surface area contributed by atoms with Crippen LogP contribution in [-0.4, -0.2) is 36.7 Å². The summed E-state index contributed by atoms with van der Waals surface area (Å²) < 4.78 is 32.7. The number of Topliss-reactive ketones (excluding diaryl/α,β-unsaturated/α-hetero) is 1. The van der Waals surface area contributed by atoms with E-state index >= 15 is 0 Å². The minimum Gasteiger partial charge on any atom is -0.748 e. The molecular formula is C18H26N4O4S. The van der Waals surface area contributed by atoms with E-state index in [4.69, 9.17) is 11.5 Å². The minimum atomic E-state index is -4.33. The molecule has 1 aromatic carbocycles. The number of nitrogens with two attached hydrogens (primary N) is 2. The SMILES string of the molecule is CC1(C)C2CCC1(CS(=O)(=O)[O-])C(=O)C2.NC(N)=N[NH+]=Cc1ccccc1. The van der Waals surface area contributed by atoms with E-state index < -0.39 is 21.3 Å². The van der Waals surface area contributed by atoms with Gasteiger partial charge in [-0.25, -0.2) is 8.42 Å². The third kappa shape index (κ3) is 4.72. The third-order valence-electron chi connectivity index (χ3n) is 5.79. The zero-order valence-electron chi connectivity index (χ0n) is 15.5. The molecule has 0 radical (unpaired) electrons. The number of rotatable bonds is 4. The highest BCUT2D eigenvalue weighted by Gasteiger charge is 2.64. The lowest BCUT2D eigenvalue weighted by Crippen LogP contribution is -2.63. The van der Waals surface area contributed by atoms with E-state index in [0.717, 1.165) is 12.0 Å². The molecule has 3 rings (SSSR count). The first-order valence-corrected chi connectivity index (χ1v) is 10.2. The number of guanidine groups is 1. The molecule has 2 atom stereocenters. The van der Waals surface area contributed by atoms with Crippen LogP contribution in [0.25, 0.3) is 0 Å². The Balaban J connectivity index is 0.000000199. The Morgan fingerprint density at radius 3 is 2.41 bits per heavy atom. The number of ketones is 1. The molecule has 0 spiro atoms. The average molecular weight is 394 g/mol. The molecule has 5 N–H and O–H groups in total. The fraction of sp³-hybridized carbons (Fsp3) is 0.500. The second-order valence-electron chi connectivity index (χ2n) is 7.59. The highest BCUT2D eigenvalue weighted by Crippen LogP contribution is 2.64. The highest BCUT2D eigenvalue weighted by molar-refractivity contribution is 7.85. The summed E-state index contributed by atoms with van der Waals surface area (Å²) in [6.45, 7) is 3.83. The summed E-state index contributed by atoms with van der Waals surface area (Å²) in [4.78, 5) is 11.8. The van der Waals surface area contributed by atoms with Crippen LogP contribution in [0.5, 0.6) is 0 Å². The number of nitrogens with one attached hydrogen (secondary N) is 1. The van der Waals surface area contributed by atoms with E-state index in [0.29, 0.717) is 12.8 Å². The largest absolute Gasteiger partial charge is 0.748 e. The van der Waals surface area contributed by atoms with Crippen molar-refractivity contribution >= 4 is 28.1 Å². The average Bonchev–Trinajstić information content (AvgIpc) is 2.89. The van der Waals surface area contributed by atoms with Crippen molar-refractivity contribution in [1.29, 1.82) is 0 Å². The molecule has 148 valence electrons. The Morgan fingerprint density at radius 2 is 1.96 bits per heavy atom. The monoisotopic (exact) mass is 394 g/mol. The van der Waals surface area contributed by atoms with Gasteiger partial charge in [-0.1, -0.05) is 32.0 Å².